The van der Waals surface area contributed by atoms with Crippen LogP contribution in [0.5, 0.6) is 5.75 Å². The van der Waals surface area contributed by atoms with Crippen LogP contribution in [0.2, 0.25) is 0 Å². The summed E-state index contributed by atoms with van der Waals surface area (Å²) >= 11 is 0. The lowest BCUT2D eigenvalue weighted by Gasteiger charge is -2.08. The summed E-state index contributed by atoms with van der Waals surface area (Å²) in [5.41, 5.74) is 3.26. The Labute approximate surface area is 156 Å². The van der Waals surface area contributed by atoms with E-state index in [1.165, 1.54) is 0 Å². The summed E-state index contributed by atoms with van der Waals surface area (Å²) in [6.07, 6.45) is 0. The van der Waals surface area contributed by atoms with E-state index in [2.05, 4.69) is 31.3 Å². The zero-order valence-corrected chi connectivity index (χ0v) is 16.5. The van der Waals surface area contributed by atoms with E-state index in [9.17, 15) is 14.7 Å². The maximum Gasteiger partial charge on any atom is 0.241 e. The highest BCUT2D eigenvalue weighted by Gasteiger charge is 2.16. The van der Waals surface area contributed by atoms with Crippen LogP contribution >= 0.6 is 0 Å². The van der Waals surface area contributed by atoms with Crippen molar-refractivity contribution in [3.63, 3.8) is 0 Å². The van der Waals surface area contributed by atoms with E-state index in [0.29, 0.717) is 13.3 Å². The van der Waals surface area contributed by atoms with Crippen molar-refractivity contribution >= 4 is 5.69 Å². The number of benzene rings is 1. The molecule has 1 rings (SSSR count). The normalized spacial score (nSPS) is 13.5. The molecule has 0 spiro atoms. The van der Waals surface area contributed by atoms with Crippen LogP contribution < -0.4 is 32.4 Å². The Balaban J connectivity index is 3.55. The number of hydrogen-bond donors (Lipinski definition) is 3. The number of azo groups is 1. The Morgan fingerprint density at radius 2 is 1.33 bits per heavy atom. The number of rotatable bonds is 9. The fourth-order valence-electron chi connectivity index (χ4n) is 1.69. The Morgan fingerprint density at radius 1 is 0.815 bits per heavy atom. The molecule has 0 radical (unpaired) electrons. The van der Waals surface area contributed by atoms with Gasteiger partial charge in [-0.05, 0) is 42.3 Å². The van der Waals surface area contributed by atoms with Crippen LogP contribution in [0.25, 0.3) is 0 Å². The SMILES string of the molecule is CN(C)CN=Nc1c(O)c(=NNCN(C)C)c(=O)c(=NNCN(C)C)c1=O. The second kappa shape index (κ2) is 10.4. The van der Waals surface area contributed by atoms with E-state index in [1.807, 2.05) is 0 Å². The van der Waals surface area contributed by atoms with Crippen LogP contribution in [0.1, 0.15) is 0 Å². The van der Waals surface area contributed by atoms with Crippen molar-refractivity contribution in [1.29, 1.82) is 0 Å². The molecule has 12 heteroatoms. The molecule has 27 heavy (non-hydrogen) atoms. The van der Waals surface area contributed by atoms with Crippen molar-refractivity contribution in [2.45, 2.75) is 0 Å². The van der Waals surface area contributed by atoms with Crippen molar-refractivity contribution in [3.05, 3.63) is 31.2 Å². The summed E-state index contributed by atoms with van der Waals surface area (Å²) in [4.78, 5) is 30.4. The predicted octanol–water partition coefficient (Wildman–Crippen LogP) is -2.56. The molecule has 0 bridgehead atoms. The Bertz CT molecular complexity index is 868. The van der Waals surface area contributed by atoms with Crippen LogP contribution in [0.3, 0.4) is 0 Å². The Hall–Kier alpha value is -2.70. The molecule has 0 aromatic heterocycles. The highest BCUT2D eigenvalue weighted by atomic mass is 16.3. The van der Waals surface area contributed by atoms with Crippen molar-refractivity contribution in [3.8, 4) is 5.75 Å². The molecular weight excluding hydrogens is 354 g/mol. The van der Waals surface area contributed by atoms with E-state index in [0.717, 1.165) is 0 Å². The van der Waals surface area contributed by atoms with E-state index < -0.39 is 22.0 Å². The summed E-state index contributed by atoms with van der Waals surface area (Å²) in [6, 6.07) is 0. The van der Waals surface area contributed by atoms with Gasteiger partial charge in [-0.1, -0.05) is 0 Å². The van der Waals surface area contributed by atoms with Gasteiger partial charge >= 0.3 is 0 Å². The number of phenols is 1. The third kappa shape index (κ3) is 6.84. The highest BCUT2D eigenvalue weighted by Crippen LogP contribution is 2.14. The maximum atomic E-state index is 12.6. The van der Waals surface area contributed by atoms with Gasteiger partial charge in [0, 0.05) is 0 Å². The minimum Gasteiger partial charge on any atom is -0.504 e. The molecule has 0 fully saturated rings. The first-order valence-electron chi connectivity index (χ1n) is 8.11. The smallest absolute Gasteiger partial charge is 0.241 e. The molecule has 0 amide bonds. The summed E-state index contributed by atoms with van der Waals surface area (Å²) in [5.74, 6) is -0.634. The lowest BCUT2D eigenvalue weighted by Crippen LogP contribution is -2.49. The first kappa shape index (κ1) is 22.3. The number of hydrogen-bond acceptors (Lipinski definition) is 12. The molecule has 0 saturated carbocycles. The third-order valence-corrected chi connectivity index (χ3v) is 2.98. The van der Waals surface area contributed by atoms with Crippen LogP contribution in [0, 0.1) is 0 Å². The molecule has 0 aliphatic heterocycles. The monoisotopic (exact) mass is 381 g/mol. The van der Waals surface area contributed by atoms with Crippen LogP contribution in [0.4, 0.5) is 5.69 Å². The van der Waals surface area contributed by atoms with Gasteiger partial charge in [-0.2, -0.15) is 15.3 Å². The molecule has 1 aromatic rings. The minimum absolute atomic E-state index is 0.203. The minimum atomic E-state index is -0.821. The van der Waals surface area contributed by atoms with Gasteiger partial charge in [0.25, 0.3) is 0 Å². The van der Waals surface area contributed by atoms with Gasteiger partial charge in [-0.3, -0.25) is 35.1 Å². The molecule has 3 N–H and O–H groups in total. The van der Waals surface area contributed by atoms with Gasteiger partial charge < -0.3 is 5.11 Å². The number of phenolic OH excluding ortho intramolecular Hbond substituents is 1. The third-order valence-electron chi connectivity index (χ3n) is 2.98. The van der Waals surface area contributed by atoms with E-state index in [-0.39, 0.29) is 17.7 Å². The topological polar surface area (TPSA) is 138 Å². The van der Waals surface area contributed by atoms with Gasteiger partial charge in [-0.15, -0.1) is 5.11 Å². The van der Waals surface area contributed by atoms with Crippen LogP contribution in [-0.4, -0.2) is 82.1 Å². The van der Waals surface area contributed by atoms with Gasteiger partial charge in [0.05, 0.1) is 13.3 Å². The van der Waals surface area contributed by atoms with E-state index >= 15 is 0 Å². The van der Waals surface area contributed by atoms with Gasteiger partial charge in [-0.25, -0.2) is 0 Å². The lowest BCUT2D eigenvalue weighted by molar-refractivity contribution is 0.368. The van der Waals surface area contributed by atoms with Gasteiger partial charge in [0.15, 0.2) is 22.2 Å². The average molecular weight is 381 g/mol. The number of aromatic hydroxyl groups is 1. The second-order valence-electron chi connectivity index (χ2n) is 6.53. The predicted molar refractivity (Wildman–Crippen MR) is 101 cm³/mol. The average Bonchev–Trinajstić information content (AvgIpc) is 2.56. The van der Waals surface area contributed by atoms with Crippen molar-refractivity contribution in [2.24, 2.45) is 20.4 Å². The molecule has 12 nitrogen and oxygen atoms in total. The van der Waals surface area contributed by atoms with Gasteiger partial charge in [0.2, 0.25) is 10.9 Å². The quantitative estimate of drug-likeness (QED) is 0.241. The zero-order chi connectivity index (χ0) is 20.6. The molecule has 0 atom stereocenters. The fraction of sp³-hybridized carbons (Fsp3) is 0.600. The first-order chi connectivity index (χ1) is 12.6. The fourth-order valence-corrected chi connectivity index (χ4v) is 1.69. The van der Waals surface area contributed by atoms with E-state index in [1.54, 1.807) is 57.0 Å². The number of nitrogens with one attached hydrogen (secondary N) is 2. The molecule has 0 heterocycles. The largest absolute Gasteiger partial charge is 0.504 e. The summed E-state index contributed by atoms with van der Waals surface area (Å²) in [7, 11) is 10.7. The molecule has 0 aliphatic rings. The molecule has 0 saturated heterocycles. The van der Waals surface area contributed by atoms with Crippen LogP contribution in [0.15, 0.2) is 30.0 Å². The molecule has 150 valence electrons. The van der Waals surface area contributed by atoms with Gasteiger partial charge in [0.1, 0.15) is 6.67 Å². The van der Waals surface area contributed by atoms with Crippen molar-refractivity contribution < 1.29 is 5.11 Å². The lowest BCUT2D eigenvalue weighted by atomic mass is 10.2. The molecule has 1 aromatic carbocycles. The van der Waals surface area contributed by atoms with E-state index in [4.69, 9.17) is 0 Å². The summed E-state index contributed by atoms with van der Waals surface area (Å²) in [5, 5.41) is 24.9. The molecular formula is C15H27N9O3. The van der Waals surface area contributed by atoms with Crippen molar-refractivity contribution in [2.75, 3.05) is 62.3 Å². The highest BCUT2D eigenvalue weighted by molar-refractivity contribution is 5.49. The Kier molecular flexibility index (Phi) is 8.65. The van der Waals surface area contributed by atoms with Crippen LogP contribution in [-0.2, 0) is 0 Å². The van der Waals surface area contributed by atoms with Crippen molar-refractivity contribution in [1.82, 2.24) is 25.6 Å². The summed E-state index contributed by atoms with van der Waals surface area (Å²) in [6.45, 7) is 0.832. The molecule has 0 aliphatic carbocycles. The zero-order valence-electron chi connectivity index (χ0n) is 16.5. The maximum absolute atomic E-state index is 12.6. The number of nitrogens with zero attached hydrogens (tertiary/aromatic N) is 7. The Morgan fingerprint density at radius 3 is 1.81 bits per heavy atom. The second-order valence-corrected chi connectivity index (χ2v) is 6.53. The standard InChI is InChI=1S/C15H27N9O3/c1-22(2)7-16-19-10-13(25)11(20-17-8-23(3)4)15(27)12(14(10)26)21-18-9-24(5)6/h16-17,26H,7-9H2,1-6H3. The molecule has 0 unspecified atom stereocenters. The first-order valence-corrected chi connectivity index (χ1v) is 8.11. The summed E-state index contributed by atoms with van der Waals surface area (Å²) < 4.78 is 0.